The molecule has 0 atom stereocenters. The van der Waals surface area contributed by atoms with Crippen LogP contribution in [0, 0.1) is 23.0 Å². The van der Waals surface area contributed by atoms with Gasteiger partial charge in [0.15, 0.2) is 0 Å². The molecule has 0 fully saturated rings. The molecule has 5 heteroatoms. The van der Waals surface area contributed by atoms with E-state index in [1.54, 1.807) is 24.3 Å². The fourth-order valence-corrected chi connectivity index (χ4v) is 1.96. The monoisotopic (exact) mass is 322 g/mol. The smallest absolute Gasteiger partial charge is 0.146 e. The molecule has 0 bridgehead atoms. The Labute approximate surface area is 117 Å². The first-order valence-electron chi connectivity index (χ1n) is 5.47. The lowest BCUT2D eigenvalue weighted by atomic mass is 10.1. The van der Waals surface area contributed by atoms with Crippen molar-refractivity contribution < 1.29 is 8.78 Å². The zero-order chi connectivity index (χ0) is 13.8. The summed E-state index contributed by atoms with van der Waals surface area (Å²) >= 11 is 3.26. The molecule has 0 saturated heterocycles. The van der Waals surface area contributed by atoms with Crippen molar-refractivity contribution in [1.82, 2.24) is 0 Å². The lowest BCUT2D eigenvalue weighted by molar-refractivity contribution is 0.622. The van der Waals surface area contributed by atoms with Crippen LogP contribution in [0.3, 0.4) is 0 Å². The Morgan fingerprint density at radius 1 is 1.11 bits per heavy atom. The number of benzene rings is 2. The summed E-state index contributed by atoms with van der Waals surface area (Å²) in [5, 5.41) is 11.6. The maximum absolute atomic E-state index is 13.5. The fraction of sp³-hybridized carbons (Fsp3) is 0.0714. The molecule has 0 radical (unpaired) electrons. The first-order chi connectivity index (χ1) is 9.10. The quantitative estimate of drug-likeness (QED) is 0.918. The topological polar surface area (TPSA) is 35.8 Å². The van der Waals surface area contributed by atoms with Crippen LogP contribution < -0.4 is 5.32 Å². The van der Waals surface area contributed by atoms with Gasteiger partial charge in [-0.1, -0.05) is 22.0 Å². The molecular weight excluding hydrogens is 314 g/mol. The highest BCUT2D eigenvalue weighted by molar-refractivity contribution is 9.10. The molecule has 96 valence electrons. The number of anilines is 1. The summed E-state index contributed by atoms with van der Waals surface area (Å²) < 4.78 is 27.4. The molecule has 0 aliphatic heterocycles. The predicted octanol–water partition coefficient (Wildman–Crippen LogP) is 4.21. The minimum atomic E-state index is -0.556. The lowest BCUT2D eigenvalue weighted by Crippen LogP contribution is -2.02. The SMILES string of the molecule is N#Cc1cc(CNc2cc(Br)ccc2F)ccc1F. The molecule has 0 aromatic heterocycles. The Morgan fingerprint density at radius 3 is 2.58 bits per heavy atom. The van der Waals surface area contributed by atoms with Gasteiger partial charge in [-0.05, 0) is 35.9 Å². The van der Waals surface area contributed by atoms with Crippen LogP contribution in [-0.2, 0) is 6.54 Å². The summed E-state index contributed by atoms with van der Waals surface area (Å²) in [4.78, 5) is 0. The molecule has 19 heavy (non-hydrogen) atoms. The Balaban J connectivity index is 2.15. The average molecular weight is 323 g/mol. The predicted molar refractivity (Wildman–Crippen MR) is 72.5 cm³/mol. The Kier molecular flexibility index (Phi) is 4.13. The highest BCUT2D eigenvalue weighted by Crippen LogP contribution is 2.21. The second-order valence-corrected chi connectivity index (χ2v) is 4.82. The molecule has 1 N–H and O–H groups in total. The van der Waals surface area contributed by atoms with Crippen molar-refractivity contribution in [3.05, 3.63) is 63.6 Å². The zero-order valence-corrected chi connectivity index (χ0v) is 11.3. The third-order valence-corrected chi connectivity index (χ3v) is 3.06. The van der Waals surface area contributed by atoms with Gasteiger partial charge >= 0.3 is 0 Å². The summed E-state index contributed by atoms with van der Waals surface area (Å²) in [5.41, 5.74) is 1.03. The molecular formula is C14H9BrF2N2. The maximum Gasteiger partial charge on any atom is 0.146 e. The Bertz CT molecular complexity index is 650. The van der Waals surface area contributed by atoms with Crippen molar-refractivity contribution in [2.24, 2.45) is 0 Å². The standard InChI is InChI=1S/C14H9BrF2N2/c15-11-2-4-13(17)14(6-11)19-8-9-1-3-12(16)10(5-9)7-18/h1-6,19H,8H2. The van der Waals surface area contributed by atoms with Crippen molar-refractivity contribution in [3.8, 4) is 6.07 Å². The van der Waals surface area contributed by atoms with Crippen molar-refractivity contribution in [3.63, 3.8) is 0 Å². The summed E-state index contributed by atoms with van der Waals surface area (Å²) in [5.74, 6) is -0.925. The number of nitriles is 1. The number of rotatable bonds is 3. The van der Waals surface area contributed by atoms with Crippen molar-refractivity contribution in [2.45, 2.75) is 6.54 Å². The highest BCUT2D eigenvalue weighted by atomic mass is 79.9. The zero-order valence-electron chi connectivity index (χ0n) is 9.75. The molecule has 2 nitrogen and oxygen atoms in total. The molecule has 2 rings (SSSR count). The van der Waals surface area contributed by atoms with Crippen LogP contribution in [0.15, 0.2) is 40.9 Å². The maximum atomic E-state index is 13.5. The normalized spacial score (nSPS) is 10.0. The van der Waals surface area contributed by atoms with E-state index in [0.717, 1.165) is 4.47 Å². The third-order valence-electron chi connectivity index (χ3n) is 2.56. The van der Waals surface area contributed by atoms with Gasteiger partial charge in [0.1, 0.15) is 17.7 Å². The summed E-state index contributed by atoms with van der Waals surface area (Å²) in [6.07, 6.45) is 0. The molecule has 0 aliphatic carbocycles. The molecule has 2 aromatic rings. The third kappa shape index (κ3) is 3.30. The van der Waals surface area contributed by atoms with Gasteiger partial charge in [-0.2, -0.15) is 5.26 Å². The fourth-order valence-electron chi connectivity index (χ4n) is 1.60. The van der Waals surface area contributed by atoms with Gasteiger partial charge < -0.3 is 5.32 Å². The number of hydrogen-bond donors (Lipinski definition) is 1. The molecule has 0 saturated carbocycles. The molecule has 0 amide bonds. The van der Waals surface area contributed by atoms with Crippen LogP contribution in [0.1, 0.15) is 11.1 Å². The van der Waals surface area contributed by atoms with Gasteiger partial charge in [0.25, 0.3) is 0 Å². The molecule has 0 spiro atoms. The summed E-state index contributed by atoms with van der Waals surface area (Å²) in [6, 6.07) is 10.6. The van der Waals surface area contributed by atoms with Crippen LogP contribution in [-0.4, -0.2) is 0 Å². The number of nitrogens with zero attached hydrogens (tertiary/aromatic N) is 1. The van der Waals surface area contributed by atoms with Crippen LogP contribution >= 0.6 is 15.9 Å². The second kappa shape index (κ2) is 5.81. The molecule has 0 unspecified atom stereocenters. The minimum Gasteiger partial charge on any atom is -0.379 e. The number of hydrogen-bond acceptors (Lipinski definition) is 2. The van der Waals surface area contributed by atoms with Gasteiger partial charge in [0, 0.05) is 11.0 Å². The van der Waals surface area contributed by atoms with Crippen LogP contribution in [0.5, 0.6) is 0 Å². The van der Waals surface area contributed by atoms with Gasteiger partial charge in [-0.15, -0.1) is 0 Å². The Hall–Kier alpha value is -1.93. The van der Waals surface area contributed by atoms with Gasteiger partial charge in [0.05, 0.1) is 11.3 Å². The van der Waals surface area contributed by atoms with E-state index in [9.17, 15) is 8.78 Å². The first-order valence-corrected chi connectivity index (χ1v) is 6.27. The molecule has 0 heterocycles. The van der Waals surface area contributed by atoms with Crippen LogP contribution in [0.25, 0.3) is 0 Å². The van der Waals surface area contributed by atoms with Crippen LogP contribution in [0.4, 0.5) is 14.5 Å². The molecule has 0 aliphatic rings. The summed E-state index contributed by atoms with van der Waals surface area (Å²) in [7, 11) is 0. The van der Waals surface area contributed by atoms with Gasteiger partial charge in [-0.3, -0.25) is 0 Å². The summed E-state index contributed by atoms with van der Waals surface area (Å²) in [6.45, 7) is 0.308. The Morgan fingerprint density at radius 2 is 1.84 bits per heavy atom. The van der Waals surface area contributed by atoms with E-state index in [1.807, 2.05) is 0 Å². The van der Waals surface area contributed by atoms with Crippen molar-refractivity contribution in [1.29, 1.82) is 5.26 Å². The van der Waals surface area contributed by atoms with Gasteiger partial charge in [0.2, 0.25) is 0 Å². The number of halogens is 3. The first kappa shape index (κ1) is 13.5. The largest absolute Gasteiger partial charge is 0.379 e. The van der Waals surface area contributed by atoms with Crippen LogP contribution in [0.2, 0.25) is 0 Å². The lowest BCUT2D eigenvalue weighted by Gasteiger charge is -2.08. The van der Waals surface area contributed by atoms with Crippen molar-refractivity contribution >= 4 is 21.6 Å². The second-order valence-electron chi connectivity index (χ2n) is 3.90. The van der Waals surface area contributed by atoms with E-state index in [-0.39, 0.29) is 11.4 Å². The van der Waals surface area contributed by atoms with E-state index in [0.29, 0.717) is 17.8 Å². The van der Waals surface area contributed by atoms with Gasteiger partial charge in [-0.25, -0.2) is 8.78 Å². The van der Waals surface area contributed by atoms with E-state index in [1.165, 1.54) is 18.2 Å². The average Bonchev–Trinajstić information content (AvgIpc) is 2.41. The van der Waals surface area contributed by atoms with E-state index >= 15 is 0 Å². The number of nitrogens with one attached hydrogen (secondary N) is 1. The van der Waals surface area contributed by atoms with E-state index < -0.39 is 5.82 Å². The van der Waals surface area contributed by atoms with E-state index in [4.69, 9.17) is 5.26 Å². The molecule has 2 aromatic carbocycles. The van der Waals surface area contributed by atoms with E-state index in [2.05, 4.69) is 21.2 Å². The van der Waals surface area contributed by atoms with Crippen molar-refractivity contribution in [2.75, 3.05) is 5.32 Å². The minimum absolute atomic E-state index is 0.0194. The highest BCUT2D eigenvalue weighted by Gasteiger charge is 2.05.